The molecule has 6 nitrogen and oxygen atoms in total. The SMILES string of the molecule is CC(=O)N(C)C1(c2nnnn2Cc2ccccc2)CCCCC1. The van der Waals surface area contributed by atoms with Crippen LogP contribution in [0.1, 0.15) is 50.4 Å². The van der Waals surface area contributed by atoms with Gasteiger partial charge in [-0.25, -0.2) is 4.68 Å². The summed E-state index contributed by atoms with van der Waals surface area (Å²) in [6.45, 7) is 2.23. The lowest BCUT2D eigenvalue weighted by atomic mass is 9.79. The zero-order valence-electron chi connectivity index (χ0n) is 13.8. The van der Waals surface area contributed by atoms with Gasteiger partial charge in [0.1, 0.15) is 5.54 Å². The summed E-state index contributed by atoms with van der Waals surface area (Å²) in [5.41, 5.74) is 0.764. The van der Waals surface area contributed by atoms with Gasteiger partial charge in [0.25, 0.3) is 0 Å². The molecule has 0 N–H and O–H groups in total. The largest absolute Gasteiger partial charge is 0.333 e. The van der Waals surface area contributed by atoms with Crippen molar-refractivity contribution in [3.05, 3.63) is 41.7 Å². The first kappa shape index (κ1) is 15.6. The fraction of sp³-hybridized carbons (Fsp3) is 0.529. The predicted octanol–water partition coefficient (Wildman–Crippen LogP) is 2.36. The maximum Gasteiger partial charge on any atom is 0.220 e. The van der Waals surface area contributed by atoms with E-state index in [1.165, 1.54) is 6.42 Å². The number of nitrogens with zero attached hydrogens (tertiary/aromatic N) is 5. The van der Waals surface area contributed by atoms with E-state index < -0.39 is 0 Å². The Morgan fingerprint density at radius 1 is 1.22 bits per heavy atom. The molecule has 0 unspecified atom stereocenters. The first-order valence-corrected chi connectivity index (χ1v) is 8.18. The summed E-state index contributed by atoms with van der Waals surface area (Å²) in [4.78, 5) is 13.9. The summed E-state index contributed by atoms with van der Waals surface area (Å²) in [5, 5.41) is 12.4. The van der Waals surface area contributed by atoms with Gasteiger partial charge in [0.2, 0.25) is 5.91 Å². The lowest BCUT2D eigenvalue weighted by molar-refractivity contribution is -0.135. The normalized spacial score (nSPS) is 17.0. The smallest absolute Gasteiger partial charge is 0.220 e. The lowest BCUT2D eigenvalue weighted by Gasteiger charge is -2.43. The van der Waals surface area contributed by atoms with E-state index in [9.17, 15) is 4.79 Å². The summed E-state index contributed by atoms with van der Waals surface area (Å²) in [7, 11) is 1.87. The van der Waals surface area contributed by atoms with Crippen molar-refractivity contribution in [3.8, 4) is 0 Å². The van der Waals surface area contributed by atoms with Crippen LogP contribution >= 0.6 is 0 Å². The molecule has 23 heavy (non-hydrogen) atoms. The van der Waals surface area contributed by atoms with Gasteiger partial charge in [-0.3, -0.25) is 4.79 Å². The number of hydrogen-bond acceptors (Lipinski definition) is 4. The summed E-state index contributed by atoms with van der Waals surface area (Å²) in [6, 6.07) is 10.1. The zero-order chi connectivity index (χ0) is 16.3. The molecule has 0 bridgehead atoms. The Hall–Kier alpha value is -2.24. The van der Waals surface area contributed by atoms with E-state index in [0.717, 1.165) is 37.1 Å². The van der Waals surface area contributed by atoms with Crippen molar-refractivity contribution >= 4 is 5.91 Å². The standard InChI is InChI=1S/C17H23N5O/c1-14(23)21(2)17(11-7-4-8-12-17)16-18-19-20-22(16)13-15-9-5-3-6-10-15/h3,5-6,9-10H,4,7-8,11-13H2,1-2H3. The molecule has 0 aliphatic heterocycles. The van der Waals surface area contributed by atoms with Crippen LogP contribution in [0, 0.1) is 0 Å². The molecule has 1 saturated carbocycles. The van der Waals surface area contributed by atoms with Crippen molar-refractivity contribution in [1.82, 2.24) is 25.1 Å². The van der Waals surface area contributed by atoms with Gasteiger partial charge in [-0.1, -0.05) is 49.6 Å². The number of hydrogen-bond donors (Lipinski definition) is 0. The Morgan fingerprint density at radius 3 is 2.57 bits per heavy atom. The van der Waals surface area contributed by atoms with E-state index in [2.05, 4.69) is 27.7 Å². The maximum atomic E-state index is 12.1. The molecular weight excluding hydrogens is 290 g/mol. The number of rotatable bonds is 4. The third kappa shape index (κ3) is 2.98. The summed E-state index contributed by atoms with van der Waals surface area (Å²) in [5.74, 6) is 0.861. The fourth-order valence-electron chi connectivity index (χ4n) is 3.55. The van der Waals surface area contributed by atoms with Crippen LogP contribution < -0.4 is 0 Å². The van der Waals surface area contributed by atoms with Crippen LogP contribution in [0.4, 0.5) is 0 Å². The van der Waals surface area contributed by atoms with Gasteiger partial charge in [-0.05, 0) is 28.8 Å². The molecule has 1 aromatic heterocycles. The highest BCUT2D eigenvalue weighted by Crippen LogP contribution is 2.40. The molecule has 3 rings (SSSR count). The topological polar surface area (TPSA) is 63.9 Å². The van der Waals surface area contributed by atoms with Crippen LogP contribution in [0.2, 0.25) is 0 Å². The monoisotopic (exact) mass is 313 g/mol. The van der Waals surface area contributed by atoms with Crippen LogP contribution in [0.25, 0.3) is 0 Å². The second-order valence-electron chi connectivity index (χ2n) is 6.32. The maximum absolute atomic E-state index is 12.1. The third-order valence-corrected chi connectivity index (χ3v) is 4.92. The molecule has 6 heteroatoms. The summed E-state index contributed by atoms with van der Waals surface area (Å²) >= 11 is 0. The average molecular weight is 313 g/mol. The Morgan fingerprint density at radius 2 is 1.91 bits per heavy atom. The molecule has 0 radical (unpaired) electrons. The molecule has 122 valence electrons. The number of carbonyl (C=O) groups excluding carboxylic acids is 1. The minimum Gasteiger partial charge on any atom is -0.333 e. The Balaban J connectivity index is 1.97. The first-order chi connectivity index (χ1) is 11.1. The molecule has 1 aliphatic carbocycles. The average Bonchev–Trinajstić information content (AvgIpc) is 3.04. The van der Waals surface area contributed by atoms with Crippen LogP contribution in [-0.4, -0.2) is 38.1 Å². The Labute approximate surface area is 136 Å². The molecule has 1 amide bonds. The van der Waals surface area contributed by atoms with Crippen molar-refractivity contribution in [2.24, 2.45) is 0 Å². The van der Waals surface area contributed by atoms with Gasteiger partial charge in [-0.2, -0.15) is 0 Å². The first-order valence-electron chi connectivity index (χ1n) is 8.18. The van der Waals surface area contributed by atoms with Crippen molar-refractivity contribution in [1.29, 1.82) is 0 Å². The second kappa shape index (κ2) is 6.48. The minimum absolute atomic E-state index is 0.0566. The summed E-state index contributed by atoms with van der Waals surface area (Å²) in [6.07, 6.45) is 5.22. The Kier molecular flexibility index (Phi) is 4.41. The highest BCUT2D eigenvalue weighted by atomic mass is 16.2. The van der Waals surface area contributed by atoms with Gasteiger partial charge < -0.3 is 4.90 Å². The molecular formula is C17H23N5O. The van der Waals surface area contributed by atoms with Crippen molar-refractivity contribution in [2.75, 3.05) is 7.05 Å². The molecule has 2 aromatic rings. The second-order valence-corrected chi connectivity index (χ2v) is 6.32. The van der Waals surface area contributed by atoms with Crippen LogP contribution in [0.15, 0.2) is 30.3 Å². The third-order valence-electron chi connectivity index (χ3n) is 4.92. The quantitative estimate of drug-likeness (QED) is 0.869. The Bertz CT molecular complexity index is 661. The number of amides is 1. The van der Waals surface area contributed by atoms with Gasteiger partial charge >= 0.3 is 0 Å². The highest BCUT2D eigenvalue weighted by molar-refractivity contribution is 5.74. The van der Waals surface area contributed by atoms with E-state index in [4.69, 9.17) is 0 Å². The van der Waals surface area contributed by atoms with Crippen molar-refractivity contribution in [2.45, 2.75) is 51.1 Å². The molecule has 1 aliphatic rings. The van der Waals surface area contributed by atoms with Gasteiger partial charge in [0, 0.05) is 14.0 Å². The van der Waals surface area contributed by atoms with Gasteiger partial charge in [0.05, 0.1) is 6.54 Å². The molecule has 0 atom stereocenters. The highest BCUT2D eigenvalue weighted by Gasteiger charge is 2.43. The van der Waals surface area contributed by atoms with Crippen molar-refractivity contribution in [3.63, 3.8) is 0 Å². The molecule has 0 spiro atoms. The number of carbonyl (C=O) groups is 1. The lowest BCUT2D eigenvalue weighted by Crippen LogP contribution is -2.49. The number of tetrazole rings is 1. The van der Waals surface area contributed by atoms with Crippen molar-refractivity contribution < 1.29 is 4.79 Å². The van der Waals surface area contributed by atoms with Crippen LogP contribution in [-0.2, 0) is 16.9 Å². The molecule has 0 saturated heterocycles. The van der Waals surface area contributed by atoms with E-state index in [1.807, 2.05) is 34.8 Å². The van der Waals surface area contributed by atoms with E-state index >= 15 is 0 Å². The summed E-state index contributed by atoms with van der Waals surface area (Å²) < 4.78 is 1.85. The fourth-order valence-corrected chi connectivity index (χ4v) is 3.55. The molecule has 1 heterocycles. The zero-order valence-corrected chi connectivity index (χ0v) is 13.8. The number of aromatic nitrogens is 4. The molecule has 1 aromatic carbocycles. The van der Waals surface area contributed by atoms with Gasteiger partial charge in [-0.15, -0.1) is 5.10 Å². The molecule has 1 fully saturated rings. The predicted molar refractivity (Wildman–Crippen MR) is 86.6 cm³/mol. The van der Waals surface area contributed by atoms with Crippen LogP contribution in [0.3, 0.4) is 0 Å². The minimum atomic E-state index is -0.387. The number of benzene rings is 1. The van der Waals surface area contributed by atoms with E-state index in [1.54, 1.807) is 6.92 Å². The van der Waals surface area contributed by atoms with Crippen LogP contribution in [0.5, 0.6) is 0 Å². The van der Waals surface area contributed by atoms with E-state index in [0.29, 0.717) is 6.54 Å². The van der Waals surface area contributed by atoms with Gasteiger partial charge in [0.15, 0.2) is 5.82 Å². The van der Waals surface area contributed by atoms with E-state index in [-0.39, 0.29) is 11.4 Å².